The van der Waals surface area contributed by atoms with Gasteiger partial charge in [0.25, 0.3) is 8.32 Å². The lowest BCUT2D eigenvalue weighted by molar-refractivity contribution is 0.179. The van der Waals surface area contributed by atoms with Crippen molar-refractivity contribution in [2.75, 3.05) is 6.61 Å². The minimum absolute atomic E-state index is 0.0951. The first-order chi connectivity index (χ1) is 11.4. The standard InChI is InChI=1S/C20H18O2Si/c1-4-10-17(11-5-1)23(22-20-16-21-20,18-12-6-2-7-13-18)19-14-8-3-9-15-19/h1-15,20H,16H2. The van der Waals surface area contributed by atoms with Crippen molar-refractivity contribution in [2.24, 2.45) is 0 Å². The largest absolute Gasteiger partial charge is 0.377 e. The molecule has 1 aliphatic heterocycles. The Morgan fingerprint density at radius 2 is 1.00 bits per heavy atom. The lowest BCUT2D eigenvalue weighted by Gasteiger charge is -2.32. The molecule has 0 aliphatic carbocycles. The van der Waals surface area contributed by atoms with Gasteiger partial charge in [0, 0.05) is 0 Å². The van der Waals surface area contributed by atoms with Gasteiger partial charge in [-0.1, -0.05) is 91.0 Å². The lowest BCUT2D eigenvalue weighted by atomic mass is 10.3. The maximum absolute atomic E-state index is 6.62. The monoisotopic (exact) mass is 318 g/mol. The molecule has 114 valence electrons. The zero-order valence-electron chi connectivity index (χ0n) is 12.8. The summed E-state index contributed by atoms with van der Waals surface area (Å²) in [6.45, 7) is 0.682. The molecular formula is C20H18O2Si. The maximum Gasteiger partial charge on any atom is 0.291 e. The zero-order chi connectivity index (χ0) is 15.5. The highest BCUT2D eigenvalue weighted by Gasteiger charge is 2.46. The summed E-state index contributed by atoms with van der Waals surface area (Å²) < 4.78 is 12.1. The Kier molecular flexibility index (Phi) is 3.83. The Morgan fingerprint density at radius 3 is 1.30 bits per heavy atom. The number of hydrogen-bond donors (Lipinski definition) is 0. The van der Waals surface area contributed by atoms with E-state index in [0.29, 0.717) is 6.61 Å². The average Bonchev–Trinajstić information content (AvgIpc) is 3.46. The highest BCUT2D eigenvalue weighted by molar-refractivity contribution is 7.07. The van der Waals surface area contributed by atoms with E-state index < -0.39 is 8.32 Å². The second kappa shape index (κ2) is 6.12. The molecule has 0 spiro atoms. The van der Waals surface area contributed by atoms with Gasteiger partial charge in [-0.3, -0.25) is 0 Å². The molecule has 3 aromatic carbocycles. The van der Waals surface area contributed by atoms with Crippen molar-refractivity contribution < 1.29 is 9.16 Å². The minimum Gasteiger partial charge on any atom is -0.377 e. The second-order valence-corrected chi connectivity index (χ2v) is 8.99. The zero-order valence-corrected chi connectivity index (χ0v) is 13.8. The van der Waals surface area contributed by atoms with E-state index in [9.17, 15) is 0 Å². The first kappa shape index (κ1) is 14.4. The molecule has 1 fully saturated rings. The van der Waals surface area contributed by atoms with Gasteiger partial charge in [-0.05, 0) is 15.6 Å². The predicted molar refractivity (Wildman–Crippen MR) is 94.8 cm³/mol. The number of ether oxygens (including phenoxy) is 1. The molecule has 23 heavy (non-hydrogen) atoms. The van der Waals surface area contributed by atoms with Crippen LogP contribution < -0.4 is 15.6 Å². The fourth-order valence-corrected chi connectivity index (χ4v) is 6.95. The minimum atomic E-state index is -2.55. The second-order valence-electron chi connectivity index (χ2n) is 5.66. The number of benzene rings is 3. The van der Waals surface area contributed by atoms with Gasteiger partial charge in [-0.25, -0.2) is 0 Å². The molecule has 0 bridgehead atoms. The van der Waals surface area contributed by atoms with Crippen LogP contribution >= 0.6 is 0 Å². The topological polar surface area (TPSA) is 21.8 Å². The summed E-state index contributed by atoms with van der Waals surface area (Å²) in [6, 6.07) is 31.7. The molecular weight excluding hydrogens is 300 g/mol. The van der Waals surface area contributed by atoms with E-state index >= 15 is 0 Å². The first-order valence-electron chi connectivity index (χ1n) is 7.85. The van der Waals surface area contributed by atoms with Gasteiger partial charge >= 0.3 is 0 Å². The number of hydrogen-bond acceptors (Lipinski definition) is 2. The summed E-state index contributed by atoms with van der Waals surface area (Å²) in [6.07, 6.45) is -0.0951. The molecule has 3 heteroatoms. The van der Waals surface area contributed by atoms with Crippen molar-refractivity contribution >= 4 is 23.9 Å². The van der Waals surface area contributed by atoms with Crippen molar-refractivity contribution in [2.45, 2.75) is 6.29 Å². The molecule has 1 heterocycles. The average molecular weight is 318 g/mol. The third-order valence-electron chi connectivity index (χ3n) is 4.15. The first-order valence-corrected chi connectivity index (χ1v) is 9.76. The van der Waals surface area contributed by atoms with Crippen LogP contribution in [0, 0.1) is 0 Å². The van der Waals surface area contributed by atoms with E-state index in [1.165, 1.54) is 15.6 Å². The van der Waals surface area contributed by atoms with Crippen LogP contribution in [0.5, 0.6) is 0 Å². The summed E-state index contributed by atoms with van der Waals surface area (Å²) in [4.78, 5) is 0. The highest BCUT2D eigenvalue weighted by Crippen LogP contribution is 2.19. The van der Waals surface area contributed by atoms with Crippen LogP contribution in [0.25, 0.3) is 0 Å². The normalized spacial score (nSPS) is 17.0. The Morgan fingerprint density at radius 1 is 0.652 bits per heavy atom. The molecule has 1 aliphatic rings. The molecule has 2 nitrogen and oxygen atoms in total. The summed E-state index contributed by atoms with van der Waals surface area (Å²) >= 11 is 0. The summed E-state index contributed by atoms with van der Waals surface area (Å²) in [7, 11) is -2.55. The van der Waals surface area contributed by atoms with Crippen LogP contribution in [0.1, 0.15) is 0 Å². The van der Waals surface area contributed by atoms with E-state index in [1.54, 1.807) is 0 Å². The van der Waals surface area contributed by atoms with Crippen LogP contribution in [0.3, 0.4) is 0 Å². The van der Waals surface area contributed by atoms with Gasteiger partial charge < -0.3 is 9.16 Å². The third-order valence-corrected chi connectivity index (χ3v) is 8.21. The molecule has 0 amide bonds. The molecule has 0 saturated carbocycles. The van der Waals surface area contributed by atoms with E-state index in [0.717, 1.165) is 0 Å². The van der Waals surface area contributed by atoms with Gasteiger partial charge in [-0.2, -0.15) is 0 Å². The van der Waals surface area contributed by atoms with Crippen LogP contribution in [-0.2, 0) is 9.16 Å². The molecule has 4 rings (SSSR count). The van der Waals surface area contributed by atoms with Crippen LogP contribution in [-0.4, -0.2) is 21.2 Å². The molecule has 0 N–H and O–H groups in total. The van der Waals surface area contributed by atoms with Crippen molar-refractivity contribution in [1.29, 1.82) is 0 Å². The Hall–Kier alpha value is -2.20. The smallest absolute Gasteiger partial charge is 0.291 e. The highest BCUT2D eigenvalue weighted by atomic mass is 28.4. The number of epoxide rings is 1. The van der Waals surface area contributed by atoms with E-state index in [2.05, 4.69) is 72.8 Å². The van der Waals surface area contributed by atoms with E-state index in [-0.39, 0.29) is 6.29 Å². The Bertz CT molecular complexity index is 659. The van der Waals surface area contributed by atoms with Crippen LogP contribution in [0.4, 0.5) is 0 Å². The molecule has 0 aromatic heterocycles. The van der Waals surface area contributed by atoms with Crippen molar-refractivity contribution in [1.82, 2.24) is 0 Å². The van der Waals surface area contributed by atoms with Crippen LogP contribution in [0.2, 0.25) is 0 Å². The SMILES string of the molecule is c1ccc([Si](OC2CO2)(c2ccccc2)c2ccccc2)cc1. The van der Waals surface area contributed by atoms with Crippen LogP contribution in [0.15, 0.2) is 91.0 Å². The predicted octanol–water partition coefficient (Wildman–Crippen LogP) is 2.03. The lowest BCUT2D eigenvalue weighted by Crippen LogP contribution is -2.69. The summed E-state index contributed by atoms with van der Waals surface area (Å²) in [5.74, 6) is 0. The fourth-order valence-electron chi connectivity index (χ4n) is 3.03. The summed E-state index contributed by atoms with van der Waals surface area (Å²) in [5, 5.41) is 3.73. The van der Waals surface area contributed by atoms with Gasteiger partial charge in [0.1, 0.15) is 0 Å². The number of rotatable bonds is 5. The van der Waals surface area contributed by atoms with Gasteiger partial charge in [0.15, 0.2) is 6.29 Å². The fraction of sp³-hybridized carbons (Fsp3) is 0.100. The van der Waals surface area contributed by atoms with E-state index in [1.807, 2.05) is 18.2 Å². The summed E-state index contributed by atoms with van der Waals surface area (Å²) in [5.41, 5.74) is 0. The van der Waals surface area contributed by atoms with Crippen molar-refractivity contribution in [3.63, 3.8) is 0 Å². The maximum atomic E-state index is 6.62. The molecule has 0 radical (unpaired) electrons. The van der Waals surface area contributed by atoms with Crippen molar-refractivity contribution in [3.05, 3.63) is 91.0 Å². The Balaban J connectivity index is 1.97. The van der Waals surface area contributed by atoms with Gasteiger partial charge in [0.05, 0.1) is 6.61 Å². The molecule has 3 aromatic rings. The van der Waals surface area contributed by atoms with Gasteiger partial charge in [0.2, 0.25) is 0 Å². The van der Waals surface area contributed by atoms with Gasteiger partial charge in [-0.15, -0.1) is 0 Å². The van der Waals surface area contributed by atoms with E-state index in [4.69, 9.17) is 9.16 Å². The van der Waals surface area contributed by atoms with Crippen molar-refractivity contribution in [3.8, 4) is 0 Å². The Labute approximate surface area is 137 Å². The third kappa shape index (κ3) is 2.74. The molecule has 1 atom stereocenters. The molecule has 1 saturated heterocycles. The molecule has 1 unspecified atom stereocenters. The quantitative estimate of drug-likeness (QED) is 0.408.